The number of carboxylic acids is 1. The Morgan fingerprint density at radius 2 is 1.78 bits per heavy atom. The van der Waals surface area contributed by atoms with E-state index in [1.54, 1.807) is 18.9 Å². The van der Waals surface area contributed by atoms with Crippen LogP contribution in [0.2, 0.25) is 0 Å². The van der Waals surface area contributed by atoms with E-state index in [1.807, 2.05) is 23.1 Å². The summed E-state index contributed by atoms with van der Waals surface area (Å²) >= 11 is 0. The summed E-state index contributed by atoms with van der Waals surface area (Å²) in [4.78, 5) is 28.9. The number of hydrogen-bond acceptors (Lipinski definition) is 4. The summed E-state index contributed by atoms with van der Waals surface area (Å²) in [6.45, 7) is 5.72. The van der Waals surface area contributed by atoms with Crippen molar-refractivity contribution >= 4 is 11.9 Å². The number of carbonyl (C=O) groups is 2. The second kappa shape index (κ2) is 8.08. The molecule has 2 rings (SSSR count). The highest BCUT2D eigenvalue weighted by atomic mass is 16.4. The Morgan fingerprint density at radius 3 is 2.35 bits per heavy atom. The van der Waals surface area contributed by atoms with Crippen LogP contribution >= 0.6 is 0 Å². The maximum Gasteiger partial charge on any atom is 0.320 e. The fraction of sp³-hybridized carbons (Fsp3) is 0.529. The molecule has 1 N–H and O–H groups in total. The molecule has 0 spiro atoms. The number of carboxylic acid groups (broad SMARTS) is 1. The first-order chi connectivity index (χ1) is 11.0. The van der Waals surface area contributed by atoms with Crippen LogP contribution in [0.3, 0.4) is 0 Å². The molecule has 0 saturated carbocycles. The summed E-state index contributed by atoms with van der Waals surface area (Å²) in [7, 11) is 1.67. The lowest BCUT2D eigenvalue weighted by molar-refractivity contribution is -0.143. The SMILES string of the molecule is CC(C(=O)O)N(C)CC(=O)N1CCN(Cc2ccccc2)CC1. The van der Waals surface area contributed by atoms with Gasteiger partial charge in [0, 0.05) is 32.7 Å². The minimum absolute atomic E-state index is 0.0000360. The Hall–Kier alpha value is -1.92. The molecule has 1 heterocycles. The molecule has 0 aromatic heterocycles. The second-order valence-corrected chi connectivity index (χ2v) is 6.07. The van der Waals surface area contributed by atoms with Gasteiger partial charge in [0.1, 0.15) is 6.04 Å². The molecule has 1 unspecified atom stereocenters. The van der Waals surface area contributed by atoms with Crippen LogP contribution in [-0.2, 0) is 16.1 Å². The van der Waals surface area contributed by atoms with Crippen molar-refractivity contribution in [2.24, 2.45) is 0 Å². The van der Waals surface area contributed by atoms with E-state index in [0.717, 1.165) is 19.6 Å². The molecule has 126 valence electrons. The van der Waals surface area contributed by atoms with Gasteiger partial charge in [0.05, 0.1) is 6.54 Å². The van der Waals surface area contributed by atoms with Crippen LogP contribution in [0.25, 0.3) is 0 Å². The van der Waals surface area contributed by atoms with Crippen molar-refractivity contribution in [2.45, 2.75) is 19.5 Å². The summed E-state index contributed by atoms with van der Waals surface area (Å²) in [5.74, 6) is -0.909. The Bertz CT molecular complexity index is 527. The third-order valence-electron chi connectivity index (χ3n) is 4.38. The van der Waals surface area contributed by atoms with Gasteiger partial charge >= 0.3 is 5.97 Å². The fourth-order valence-corrected chi connectivity index (χ4v) is 2.64. The zero-order chi connectivity index (χ0) is 16.8. The van der Waals surface area contributed by atoms with Crippen LogP contribution in [0.15, 0.2) is 30.3 Å². The molecule has 1 aliphatic rings. The maximum absolute atomic E-state index is 12.3. The monoisotopic (exact) mass is 319 g/mol. The van der Waals surface area contributed by atoms with Gasteiger partial charge in [-0.25, -0.2) is 0 Å². The number of hydrogen-bond donors (Lipinski definition) is 1. The molecule has 1 atom stereocenters. The van der Waals surface area contributed by atoms with E-state index in [4.69, 9.17) is 5.11 Å². The quantitative estimate of drug-likeness (QED) is 0.838. The van der Waals surface area contributed by atoms with Crippen molar-refractivity contribution in [3.05, 3.63) is 35.9 Å². The van der Waals surface area contributed by atoms with E-state index in [0.29, 0.717) is 13.1 Å². The lowest BCUT2D eigenvalue weighted by atomic mass is 10.2. The number of amides is 1. The summed E-state index contributed by atoms with van der Waals surface area (Å²) in [6, 6.07) is 9.65. The molecule has 23 heavy (non-hydrogen) atoms. The molecular formula is C17H25N3O3. The number of benzene rings is 1. The normalized spacial score (nSPS) is 17.3. The Labute approximate surface area is 137 Å². The lowest BCUT2D eigenvalue weighted by Gasteiger charge is -2.35. The molecule has 1 fully saturated rings. The number of carbonyl (C=O) groups excluding carboxylic acids is 1. The Kier molecular flexibility index (Phi) is 6.12. The summed E-state index contributed by atoms with van der Waals surface area (Å²) in [6.07, 6.45) is 0. The summed E-state index contributed by atoms with van der Waals surface area (Å²) < 4.78 is 0. The standard InChI is InChI=1S/C17H25N3O3/c1-14(17(22)23)18(2)13-16(21)20-10-8-19(9-11-20)12-15-6-4-3-5-7-15/h3-7,14H,8-13H2,1-2H3,(H,22,23). The second-order valence-electron chi connectivity index (χ2n) is 6.07. The highest BCUT2D eigenvalue weighted by Gasteiger charge is 2.24. The Morgan fingerprint density at radius 1 is 1.17 bits per heavy atom. The van der Waals surface area contributed by atoms with Crippen LogP contribution in [0.1, 0.15) is 12.5 Å². The number of nitrogens with zero attached hydrogens (tertiary/aromatic N) is 3. The van der Waals surface area contributed by atoms with Crippen LogP contribution in [-0.4, -0.2) is 77.5 Å². The fourth-order valence-electron chi connectivity index (χ4n) is 2.64. The van der Waals surface area contributed by atoms with Gasteiger partial charge in [-0.3, -0.25) is 19.4 Å². The molecular weight excluding hydrogens is 294 g/mol. The molecule has 1 aromatic carbocycles. The van der Waals surface area contributed by atoms with E-state index in [-0.39, 0.29) is 12.5 Å². The molecule has 6 heteroatoms. The first-order valence-corrected chi connectivity index (χ1v) is 7.94. The molecule has 0 bridgehead atoms. The molecule has 1 amide bonds. The van der Waals surface area contributed by atoms with Crippen LogP contribution in [0.5, 0.6) is 0 Å². The van der Waals surface area contributed by atoms with Crippen molar-refractivity contribution in [1.29, 1.82) is 0 Å². The zero-order valence-electron chi connectivity index (χ0n) is 13.8. The number of piperazine rings is 1. The van der Waals surface area contributed by atoms with Gasteiger partial charge in [-0.1, -0.05) is 30.3 Å². The molecule has 6 nitrogen and oxygen atoms in total. The van der Waals surface area contributed by atoms with E-state index in [2.05, 4.69) is 17.0 Å². The topological polar surface area (TPSA) is 64.1 Å². The molecule has 0 radical (unpaired) electrons. The lowest BCUT2D eigenvalue weighted by Crippen LogP contribution is -2.51. The predicted molar refractivity (Wildman–Crippen MR) is 88.0 cm³/mol. The van der Waals surface area contributed by atoms with Gasteiger partial charge in [0.25, 0.3) is 0 Å². The van der Waals surface area contributed by atoms with E-state index >= 15 is 0 Å². The van der Waals surface area contributed by atoms with Crippen molar-refractivity contribution in [1.82, 2.24) is 14.7 Å². The first kappa shape index (κ1) is 17.4. The van der Waals surface area contributed by atoms with Crippen molar-refractivity contribution in [2.75, 3.05) is 39.8 Å². The maximum atomic E-state index is 12.3. The van der Waals surface area contributed by atoms with E-state index in [1.165, 1.54) is 5.56 Å². The smallest absolute Gasteiger partial charge is 0.320 e. The number of likely N-dealkylation sites (N-methyl/N-ethyl adjacent to an activating group) is 1. The third kappa shape index (κ3) is 5.04. The van der Waals surface area contributed by atoms with Crippen LogP contribution in [0, 0.1) is 0 Å². The minimum Gasteiger partial charge on any atom is -0.480 e. The summed E-state index contributed by atoms with van der Waals surface area (Å²) in [5, 5.41) is 8.98. The third-order valence-corrected chi connectivity index (χ3v) is 4.38. The van der Waals surface area contributed by atoms with Gasteiger partial charge in [-0.05, 0) is 19.5 Å². The molecule has 1 aromatic rings. The van der Waals surface area contributed by atoms with Gasteiger partial charge in [0.2, 0.25) is 5.91 Å². The first-order valence-electron chi connectivity index (χ1n) is 7.94. The minimum atomic E-state index is -0.909. The highest BCUT2D eigenvalue weighted by molar-refractivity contribution is 5.80. The molecule has 1 saturated heterocycles. The highest BCUT2D eigenvalue weighted by Crippen LogP contribution is 2.09. The van der Waals surface area contributed by atoms with Crippen molar-refractivity contribution in [3.8, 4) is 0 Å². The van der Waals surface area contributed by atoms with Gasteiger partial charge in [0.15, 0.2) is 0 Å². The average Bonchev–Trinajstić information content (AvgIpc) is 2.55. The van der Waals surface area contributed by atoms with E-state index < -0.39 is 12.0 Å². The van der Waals surface area contributed by atoms with Gasteiger partial charge in [-0.15, -0.1) is 0 Å². The van der Waals surface area contributed by atoms with Gasteiger partial charge in [-0.2, -0.15) is 0 Å². The predicted octanol–water partition coefficient (Wildman–Crippen LogP) is 0.736. The average molecular weight is 319 g/mol. The summed E-state index contributed by atoms with van der Waals surface area (Å²) in [5.41, 5.74) is 1.28. The molecule has 1 aliphatic heterocycles. The van der Waals surface area contributed by atoms with E-state index in [9.17, 15) is 9.59 Å². The van der Waals surface area contributed by atoms with Crippen LogP contribution < -0.4 is 0 Å². The van der Waals surface area contributed by atoms with Crippen LogP contribution in [0.4, 0.5) is 0 Å². The van der Waals surface area contributed by atoms with Gasteiger partial charge < -0.3 is 10.0 Å². The van der Waals surface area contributed by atoms with Crippen molar-refractivity contribution < 1.29 is 14.7 Å². The van der Waals surface area contributed by atoms with Crippen molar-refractivity contribution in [3.63, 3.8) is 0 Å². The number of aliphatic carboxylic acids is 1. The molecule has 0 aliphatic carbocycles. The number of rotatable bonds is 6. The zero-order valence-corrected chi connectivity index (χ0v) is 13.8. The largest absolute Gasteiger partial charge is 0.480 e. The Balaban J connectivity index is 1.77.